The van der Waals surface area contributed by atoms with Crippen molar-refractivity contribution < 1.29 is 4.74 Å². The highest BCUT2D eigenvalue weighted by Gasteiger charge is 2.54. The predicted molar refractivity (Wildman–Crippen MR) is 266 cm³/mol. The highest BCUT2D eigenvalue weighted by molar-refractivity contribution is 5.12. The Bertz CT molecular complexity index is 1420. The largest absolute Gasteiger partial charge is 0.369 e. The van der Waals surface area contributed by atoms with Gasteiger partial charge in [-0.3, -0.25) is 0 Å². The summed E-state index contributed by atoms with van der Waals surface area (Å²) in [6.07, 6.45) is 53.0. The van der Waals surface area contributed by atoms with E-state index in [-0.39, 0.29) is 11.2 Å². The molecule has 59 heavy (non-hydrogen) atoms. The Morgan fingerprint density at radius 2 is 0.492 bits per heavy atom. The van der Waals surface area contributed by atoms with Gasteiger partial charge in [0.2, 0.25) is 0 Å². The molecular weight excluding hydrogens is 713 g/mol. The fourth-order valence-electron chi connectivity index (χ4n) is 7.89. The maximum Gasteiger partial charge on any atom is 0.0695 e. The van der Waals surface area contributed by atoms with Crippen LogP contribution in [0.5, 0.6) is 0 Å². The molecule has 0 heterocycles. The lowest BCUT2D eigenvalue weighted by Gasteiger charge is -2.25. The number of allylic oxidation sites excluding steroid dienone is 20. The van der Waals surface area contributed by atoms with Crippen LogP contribution >= 0.6 is 0 Å². The van der Waals surface area contributed by atoms with Crippen LogP contribution in [0.1, 0.15) is 237 Å². The quantitative estimate of drug-likeness (QED) is 0.0486. The third kappa shape index (κ3) is 27.8. The van der Waals surface area contributed by atoms with Crippen LogP contribution in [-0.2, 0) is 4.74 Å². The Kier molecular flexibility index (Phi) is 26.3. The standard InChI is InChI=1S/C58H94O/c1-47(2)23-17-29-53(9)35-19-31-49(5)25-13-15-27-51(7)33-21-37-55(11)39-41-57(43-44-57)59-58(45-46-58)42-40-56(12)38-22-34-52(8)28-16-14-26-50(6)32-20-36-54(10)30-18-24-48(3)4/h23-28,35-38H,13-22,29-34,39-46H2,1-12H3. The Hall–Kier alpha value is -2.64. The van der Waals surface area contributed by atoms with Crippen LogP contribution in [0.15, 0.2) is 116 Å². The zero-order valence-electron chi connectivity index (χ0n) is 41.2. The van der Waals surface area contributed by atoms with Gasteiger partial charge in [0.1, 0.15) is 0 Å². The van der Waals surface area contributed by atoms with E-state index in [1.807, 2.05) is 0 Å². The molecule has 1 nitrogen and oxygen atoms in total. The highest BCUT2D eigenvalue weighted by atomic mass is 16.5. The summed E-state index contributed by atoms with van der Waals surface area (Å²) in [4.78, 5) is 0. The van der Waals surface area contributed by atoms with Crippen molar-refractivity contribution in [3.63, 3.8) is 0 Å². The van der Waals surface area contributed by atoms with Crippen LogP contribution in [0.3, 0.4) is 0 Å². The molecule has 0 bridgehead atoms. The van der Waals surface area contributed by atoms with Gasteiger partial charge in [-0.05, 0) is 237 Å². The zero-order chi connectivity index (χ0) is 43.5. The van der Waals surface area contributed by atoms with Gasteiger partial charge in [-0.1, -0.05) is 116 Å². The molecule has 0 spiro atoms. The molecular formula is C58H94O. The number of hydrogen-bond donors (Lipinski definition) is 0. The van der Waals surface area contributed by atoms with Crippen molar-refractivity contribution in [2.24, 2.45) is 0 Å². The maximum absolute atomic E-state index is 6.99. The van der Waals surface area contributed by atoms with Crippen molar-refractivity contribution in [1.82, 2.24) is 0 Å². The van der Waals surface area contributed by atoms with Crippen molar-refractivity contribution in [2.75, 3.05) is 0 Å². The Morgan fingerprint density at radius 3 is 0.712 bits per heavy atom. The van der Waals surface area contributed by atoms with E-state index in [4.69, 9.17) is 4.74 Å². The summed E-state index contributed by atoms with van der Waals surface area (Å²) in [7, 11) is 0. The van der Waals surface area contributed by atoms with E-state index in [1.54, 1.807) is 11.1 Å². The van der Waals surface area contributed by atoms with Crippen molar-refractivity contribution in [2.45, 2.75) is 248 Å². The van der Waals surface area contributed by atoms with E-state index >= 15 is 0 Å². The fraction of sp³-hybridized carbons (Fsp3) is 0.655. The second-order valence-corrected chi connectivity index (χ2v) is 19.8. The van der Waals surface area contributed by atoms with Gasteiger partial charge in [0.25, 0.3) is 0 Å². The zero-order valence-corrected chi connectivity index (χ0v) is 41.2. The van der Waals surface area contributed by atoms with Gasteiger partial charge in [-0.25, -0.2) is 0 Å². The van der Waals surface area contributed by atoms with Crippen molar-refractivity contribution in [1.29, 1.82) is 0 Å². The molecule has 0 unspecified atom stereocenters. The molecule has 2 fully saturated rings. The first-order valence-corrected chi connectivity index (χ1v) is 24.3. The summed E-state index contributed by atoms with van der Waals surface area (Å²) in [6.45, 7) is 27.2. The lowest BCUT2D eigenvalue weighted by molar-refractivity contribution is -0.0553. The predicted octanol–water partition coefficient (Wildman–Crippen LogP) is 19.4. The molecule has 332 valence electrons. The normalized spacial score (nSPS) is 17.7. The molecule has 1 heteroatoms. The van der Waals surface area contributed by atoms with Gasteiger partial charge < -0.3 is 4.74 Å². The van der Waals surface area contributed by atoms with Crippen LogP contribution in [-0.4, -0.2) is 11.2 Å². The number of ether oxygens (including phenoxy) is 1. The van der Waals surface area contributed by atoms with Gasteiger partial charge in [0, 0.05) is 0 Å². The minimum atomic E-state index is 0.169. The van der Waals surface area contributed by atoms with Gasteiger partial charge in [-0.2, -0.15) is 0 Å². The molecule has 0 N–H and O–H groups in total. The summed E-state index contributed by atoms with van der Waals surface area (Å²) >= 11 is 0. The molecule has 0 saturated heterocycles. The first kappa shape index (κ1) is 52.5. The summed E-state index contributed by atoms with van der Waals surface area (Å²) < 4.78 is 6.99. The first-order chi connectivity index (χ1) is 28.1. The molecule has 0 aromatic carbocycles. The SMILES string of the molecule is CC(C)=CCCC(C)=CCCC(C)=CCCC=C(C)CCC=C(C)CCC1(OC2(CCC(C)=CCCC(C)=CCCC=C(C)CCC=C(C)CCC=C(C)C)CC2)CC1. The van der Waals surface area contributed by atoms with E-state index < -0.39 is 0 Å². The fourth-order valence-corrected chi connectivity index (χ4v) is 7.89. The average Bonchev–Trinajstić information content (AvgIpc) is 4.11. The van der Waals surface area contributed by atoms with E-state index in [2.05, 4.69) is 144 Å². The second-order valence-electron chi connectivity index (χ2n) is 19.8. The Morgan fingerprint density at radius 1 is 0.288 bits per heavy atom. The third-order valence-electron chi connectivity index (χ3n) is 12.6. The first-order valence-electron chi connectivity index (χ1n) is 24.3. The summed E-state index contributed by atoms with van der Waals surface area (Å²) in [5.41, 5.74) is 15.5. The summed E-state index contributed by atoms with van der Waals surface area (Å²) in [5.74, 6) is 0. The van der Waals surface area contributed by atoms with Gasteiger partial charge in [-0.15, -0.1) is 0 Å². The van der Waals surface area contributed by atoms with Gasteiger partial charge in [0.15, 0.2) is 0 Å². The molecule has 0 amide bonds. The smallest absolute Gasteiger partial charge is 0.0695 e. The Labute approximate surface area is 368 Å². The lowest BCUT2D eigenvalue weighted by Crippen LogP contribution is -2.25. The third-order valence-corrected chi connectivity index (χ3v) is 12.6. The van der Waals surface area contributed by atoms with Crippen LogP contribution < -0.4 is 0 Å². The van der Waals surface area contributed by atoms with E-state index in [9.17, 15) is 0 Å². The van der Waals surface area contributed by atoms with Crippen LogP contribution in [0.25, 0.3) is 0 Å². The van der Waals surface area contributed by atoms with Gasteiger partial charge in [0.05, 0.1) is 11.2 Å². The van der Waals surface area contributed by atoms with Crippen molar-refractivity contribution >= 4 is 0 Å². The summed E-state index contributed by atoms with van der Waals surface area (Å²) in [6, 6.07) is 0. The molecule has 0 radical (unpaired) electrons. The van der Waals surface area contributed by atoms with Gasteiger partial charge >= 0.3 is 0 Å². The van der Waals surface area contributed by atoms with Crippen LogP contribution in [0.2, 0.25) is 0 Å². The maximum atomic E-state index is 6.99. The van der Waals surface area contributed by atoms with E-state index in [0.29, 0.717) is 0 Å². The van der Waals surface area contributed by atoms with Crippen molar-refractivity contribution in [3.8, 4) is 0 Å². The number of hydrogen-bond acceptors (Lipinski definition) is 1. The second kappa shape index (κ2) is 29.6. The molecule has 0 atom stereocenters. The molecule has 2 aliphatic carbocycles. The molecule has 0 aromatic rings. The lowest BCUT2D eigenvalue weighted by atomic mass is 10.0. The molecule has 2 aliphatic rings. The summed E-state index contributed by atoms with van der Waals surface area (Å²) in [5, 5.41) is 0. The van der Waals surface area contributed by atoms with Crippen LogP contribution in [0, 0.1) is 0 Å². The molecule has 2 saturated carbocycles. The minimum absolute atomic E-state index is 0.169. The van der Waals surface area contributed by atoms with Crippen molar-refractivity contribution in [3.05, 3.63) is 116 Å². The molecule has 2 rings (SSSR count). The molecule has 0 aliphatic heterocycles. The minimum Gasteiger partial charge on any atom is -0.369 e. The number of unbranched alkanes of at least 4 members (excludes halogenated alkanes) is 2. The highest BCUT2D eigenvalue weighted by Crippen LogP contribution is 2.55. The van der Waals surface area contributed by atoms with E-state index in [0.717, 1.165) is 38.5 Å². The Balaban J connectivity index is 1.60. The van der Waals surface area contributed by atoms with E-state index in [1.165, 1.54) is 160 Å². The monoisotopic (exact) mass is 807 g/mol. The van der Waals surface area contributed by atoms with Crippen LogP contribution in [0.4, 0.5) is 0 Å². The molecule has 0 aromatic heterocycles. The topological polar surface area (TPSA) is 9.23 Å². The number of rotatable bonds is 32. The average molecular weight is 807 g/mol.